The van der Waals surface area contributed by atoms with Gasteiger partial charge < -0.3 is 9.47 Å². The minimum Gasteiger partial charge on any atom is -0.465 e. The van der Waals surface area contributed by atoms with E-state index in [2.05, 4.69) is 31.9 Å². The minimum absolute atomic E-state index is 0.157. The van der Waals surface area contributed by atoms with Crippen molar-refractivity contribution in [3.05, 3.63) is 0 Å². The molecular formula is C17H30Br2O4. The third-order valence-electron chi connectivity index (χ3n) is 3.37. The highest BCUT2D eigenvalue weighted by Gasteiger charge is 2.15. The Hall–Kier alpha value is -0.100. The maximum Gasteiger partial charge on any atom is 0.319 e. The van der Waals surface area contributed by atoms with Gasteiger partial charge >= 0.3 is 11.9 Å². The average Bonchev–Trinajstić information content (AvgIpc) is 2.53. The van der Waals surface area contributed by atoms with Gasteiger partial charge in [-0.1, -0.05) is 77.8 Å². The number of hydrogen-bond donors (Lipinski definition) is 0. The fraction of sp³-hybridized carbons (Fsp3) is 0.882. The molecular weight excluding hydrogens is 428 g/mol. The molecule has 0 radical (unpaired) electrons. The van der Waals surface area contributed by atoms with Gasteiger partial charge in [0.05, 0.1) is 13.2 Å². The van der Waals surface area contributed by atoms with Crippen molar-refractivity contribution in [2.75, 3.05) is 13.2 Å². The Bertz CT molecular complexity index is 294. The molecule has 0 saturated heterocycles. The van der Waals surface area contributed by atoms with Crippen LogP contribution in [0.2, 0.25) is 0 Å². The summed E-state index contributed by atoms with van der Waals surface area (Å²) >= 11 is 6.65. The quantitative estimate of drug-likeness (QED) is 0.205. The molecule has 0 aliphatic rings. The van der Waals surface area contributed by atoms with E-state index in [1.165, 1.54) is 0 Å². The molecule has 0 bridgehead atoms. The lowest BCUT2D eigenvalue weighted by molar-refractivity contribution is -0.143. The number of unbranched alkanes of at least 4 members (excludes halogenated alkanes) is 4. The number of ether oxygens (including phenoxy) is 2. The van der Waals surface area contributed by atoms with Crippen LogP contribution in [0.5, 0.6) is 0 Å². The smallest absolute Gasteiger partial charge is 0.319 e. The van der Waals surface area contributed by atoms with E-state index in [9.17, 15) is 9.59 Å². The lowest BCUT2D eigenvalue weighted by atomic mass is 10.1. The summed E-state index contributed by atoms with van der Waals surface area (Å²) in [4.78, 5) is 22.8. The van der Waals surface area contributed by atoms with Crippen molar-refractivity contribution in [2.45, 2.75) is 81.3 Å². The van der Waals surface area contributed by atoms with Crippen LogP contribution < -0.4 is 0 Å². The highest BCUT2D eigenvalue weighted by Crippen LogP contribution is 2.12. The summed E-state index contributed by atoms with van der Waals surface area (Å²) < 4.78 is 10.4. The number of halogens is 2. The van der Waals surface area contributed by atoms with Crippen molar-refractivity contribution in [3.8, 4) is 0 Å². The molecule has 23 heavy (non-hydrogen) atoms. The van der Waals surface area contributed by atoms with Gasteiger partial charge in [0, 0.05) is 0 Å². The molecule has 0 N–H and O–H groups in total. The first-order valence-corrected chi connectivity index (χ1v) is 10.5. The Kier molecular flexibility index (Phi) is 15.4. The summed E-state index contributed by atoms with van der Waals surface area (Å²) in [6, 6.07) is 0. The fourth-order valence-electron chi connectivity index (χ4n) is 2.00. The summed E-state index contributed by atoms with van der Waals surface area (Å²) in [5, 5.41) is 0. The van der Waals surface area contributed by atoms with Gasteiger partial charge in [0.25, 0.3) is 0 Å². The maximum absolute atomic E-state index is 11.6. The zero-order valence-corrected chi connectivity index (χ0v) is 17.5. The van der Waals surface area contributed by atoms with Gasteiger partial charge in [-0.15, -0.1) is 0 Å². The predicted molar refractivity (Wildman–Crippen MR) is 100 cm³/mol. The molecule has 0 spiro atoms. The van der Waals surface area contributed by atoms with Crippen molar-refractivity contribution >= 4 is 43.8 Å². The standard InChI is InChI=1S/C17H30Br2O4/c1-3-10-14(18)16(20)22-12-8-6-5-7-9-13-23-17(21)15(19)11-4-2/h14-15H,3-13H2,1-2H3. The zero-order valence-electron chi connectivity index (χ0n) is 14.3. The molecule has 0 aromatic heterocycles. The van der Waals surface area contributed by atoms with Crippen LogP contribution in [0.4, 0.5) is 0 Å². The Morgan fingerprint density at radius 3 is 1.43 bits per heavy atom. The third-order valence-corrected chi connectivity index (χ3v) is 5.04. The number of hydrogen-bond acceptors (Lipinski definition) is 4. The molecule has 0 aromatic carbocycles. The molecule has 0 aromatic rings. The van der Waals surface area contributed by atoms with E-state index < -0.39 is 0 Å². The lowest BCUT2D eigenvalue weighted by Crippen LogP contribution is -2.18. The Balaban J connectivity index is 3.40. The normalized spacial score (nSPS) is 13.4. The van der Waals surface area contributed by atoms with E-state index in [-0.39, 0.29) is 21.6 Å². The van der Waals surface area contributed by atoms with Crippen LogP contribution in [0.15, 0.2) is 0 Å². The van der Waals surface area contributed by atoms with E-state index in [1.807, 2.05) is 13.8 Å². The van der Waals surface area contributed by atoms with E-state index in [0.717, 1.165) is 57.8 Å². The molecule has 0 heterocycles. The molecule has 0 aliphatic carbocycles. The molecule has 136 valence electrons. The largest absolute Gasteiger partial charge is 0.465 e. The van der Waals surface area contributed by atoms with Crippen molar-refractivity contribution in [1.29, 1.82) is 0 Å². The van der Waals surface area contributed by atoms with Gasteiger partial charge in [0.15, 0.2) is 0 Å². The second-order valence-corrected chi connectivity index (χ2v) is 7.83. The topological polar surface area (TPSA) is 52.6 Å². The van der Waals surface area contributed by atoms with Gasteiger partial charge in [-0.05, 0) is 25.7 Å². The molecule has 0 amide bonds. The number of carbonyl (C=O) groups excluding carboxylic acids is 2. The molecule has 0 rings (SSSR count). The summed E-state index contributed by atoms with van der Waals surface area (Å²) in [6.07, 6.45) is 8.44. The molecule has 0 saturated carbocycles. The number of rotatable bonds is 14. The highest BCUT2D eigenvalue weighted by molar-refractivity contribution is 9.10. The summed E-state index contributed by atoms with van der Waals surface area (Å²) in [6.45, 7) is 5.06. The first kappa shape index (κ1) is 22.9. The number of carbonyl (C=O) groups is 2. The SMILES string of the molecule is CCCC(Br)C(=O)OCCCCCCCOC(=O)C(Br)CCC. The summed E-state index contributed by atoms with van der Waals surface area (Å²) in [5.41, 5.74) is 0. The summed E-state index contributed by atoms with van der Waals surface area (Å²) in [7, 11) is 0. The Morgan fingerprint density at radius 1 is 0.739 bits per heavy atom. The average molecular weight is 458 g/mol. The second kappa shape index (κ2) is 15.4. The van der Waals surface area contributed by atoms with Gasteiger partial charge in [0.2, 0.25) is 0 Å². The van der Waals surface area contributed by atoms with Crippen LogP contribution in [-0.4, -0.2) is 34.8 Å². The van der Waals surface area contributed by atoms with E-state index >= 15 is 0 Å². The van der Waals surface area contributed by atoms with Crippen LogP contribution in [0.1, 0.15) is 71.6 Å². The van der Waals surface area contributed by atoms with Crippen molar-refractivity contribution < 1.29 is 19.1 Å². The van der Waals surface area contributed by atoms with Gasteiger partial charge in [-0.25, -0.2) is 0 Å². The van der Waals surface area contributed by atoms with E-state index in [0.29, 0.717) is 13.2 Å². The lowest BCUT2D eigenvalue weighted by Gasteiger charge is -2.09. The van der Waals surface area contributed by atoms with Crippen molar-refractivity contribution in [2.24, 2.45) is 0 Å². The summed E-state index contributed by atoms with van der Waals surface area (Å²) in [5.74, 6) is -0.315. The van der Waals surface area contributed by atoms with E-state index in [1.54, 1.807) is 0 Å². The molecule has 6 heteroatoms. The van der Waals surface area contributed by atoms with Crippen LogP contribution in [0.25, 0.3) is 0 Å². The first-order chi connectivity index (χ1) is 11.0. The molecule has 0 fully saturated rings. The minimum atomic E-state index is -0.173. The van der Waals surface area contributed by atoms with Gasteiger partial charge in [0.1, 0.15) is 9.65 Å². The Morgan fingerprint density at radius 2 is 1.09 bits per heavy atom. The van der Waals surface area contributed by atoms with Crippen LogP contribution in [-0.2, 0) is 19.1 Å². The van der Waals surface area contributed by atoms with Crippen molar-refractivity contribution in [1.82, 2.24) is 0 Å². The zero-order chi connectivity index (χ0) is 17.5. The molecule has 2 atom stereocenters. The first-order valence-electron chi connectivity index (χ1n) is 8.64. The highest BCUT2D eigenvalue weighted by atomic mass is 79.9. The van der Waals surface area contributed by atoms with Crippen molar-refractivity contribution in [3.63, 3.8) is 0 Å². The van der Waals surface area contributed by atoms with Gasteiger partial charge in [-0.2, -0.15) is 0 Å². The van der Waals surface area contributed by atoms with Gasteiger partial charge in [-0.3, -0.25) is 9.59 Å². The number of alkyl halides is 2. The van der Waals surface area contributed by atoms with Crippen LogP contribution >= 0.6 is 31.9 Å². The van der Waals surface area contributed by atoms with Crippen LogP contribution in [0, 0.1) is 0 Å². The number of esters is 2. The molecule has 2 unspecified atom stereocenters. The molecule has 4 nitrogen and oxygen atoms in total. The van der Waals surface area contributed by atoms with Crippen LogP contribution in [0.3, 0.4) is 0 Å². The Labute approximate surface area is 157 Å². The monoisotopic (exact) mass is 456 g/mol. The molecule has 0 aliphatic heterocycles. The predicted octanol–water partition coefficient (Wildman–Crippen LogP) is 5.15. The second-order valence-electron chi connectivity index (χ2n) is 5.62. The maximum atomic E-state index is 11.6. The fourth-order valence-corrected chi connectivity index (χ4v) is 3.18. The van der Waals surface area contributed by atoms with E-state index in [4.69, 9.17) is 9.47 Å². The third kappa shape index (κ3) is 12.9.